The van der Waals surface area contributed by atoms with Crippen molar-refractivity contribution in [3.8, 4) is 0 Å². The van der Waals surface area contributed by atoms with Crippen LogP contribution in [-0.4, -0.2) is 39.9 Å². The van der Waals surface area contributed by atoms with E-state index in [9.17, 15) is 4.79 Å². The van der Waals surface area contributed by atoms with Gasteiger partial charge in [-0.3, -0.25) is 14.5 Å². The van der Waals surface area contributed by atoms with Crippen LogP contribution in [0.15, 0.2) is 30.6 Å². The summed E-state index contributed by atoms with van der Waals surface area (Å²) < 4.78 is 7.25. The van der Waals surface area contributed by atoms with E-state index >= 15 is 0 Å². The van der Waals surface area contributed by atoms with Crippen molar-refractivity contribution >= 4 is 5.91 Å². The van der Waals surface area contributed by atoms with E-state index in [1.165, 1.54) is 5.56 Å². The van der Waals surface area contributed by atoms with E-state index in [0.717, 1.165) is 12.1 Å². The molecule has 0 aliphatic carbocycles. The van der Waals surface area contributed by atoms with Gasteiger partial charge in [0.1, 0.15) is 5.69 Å². The highest BCUT2D eigenvalue weighted by Gasteiger charge is 2.30. The van der Waals surface area contributed by atoms with Crippen molar-refractivity contribution in [2.75, 3.05) is 13.2 Å². The summed E-state index contributed by atoms with van der Waals surface area (Å²) in [4.78, 5) is 16.3. The predicted molar refractivity (Wildman–Crippen MR) is 81.4 cm³/mol. The predicted octanol–water partition coefficient (Wildman–Crippen LogP) is 1.11. The van der Waals surface area contributed by atoms with Crippen LogP contribution in [0.4, 0.5) is 0 Å². The Morgan fingerprint density at radius 3 is 2.86 bits per heavy atom. The summed E-state index contributed by atoms with van der Waals surface area (Å²) in [6.07, 6.45) is 4.44. The van der Waals surface area contributed by atoms with Gasteiger partial charge in [-0.25, -0.2) is 0 Å². The largest absolute Gasteiger partial charge is 0.379 e. The van der Waals surface area contributed by atoms with Crippen molar-refractivity contribution in [3.63, 3.8) is 0 Å². The molecule has 2 aromatic rings. The highest BCUT2D eigenvalue weighted by atomic mass is 16.5. The number of carbonyl (C=O) groups excluding carboxylic acids is 1. The third-order valence-electron chi connectivity index (χ3n) is 4.11. The first-order valence-corrected chi connectivity index (χ1v) is 7.41. The molecule has 0 unspecified atom stereocenters. The van der Waals surface area contributed by atoms with Gasteiger partial charge in [-0.1, -0.05) is 0 Å². The number of rotatable bonds is 4. The molecule has 1 N–H and O–H groups in total. The fourth-order valence-electron chi connectivity index (χ4n) is 2.69. The molecule has 0 spiro atoms. The summed E-state index contributed by atoms with van der Waals surface area (Å²) in [6, 6.07) is 5.81. The lowest BCUT2D eigenvalue weighted by atomic mass is 9.95. The Morgan fingerprint density at radius 1 is 1.41 bits per heavy atom. The van der Waals surface area contributed by atoms with Gasteiger partial charge in [0.2, 0.25) is 0 Å². The summed E-state index contributed by atoms with van der Waals surface area (Å²) >= 11 is 0. The number of aromatic nitrogens is 3. The Kier molecular flexibility index (Phi) is 4.20. The first kappa shape index (κ1) is 14.7. The van der Waals surface area contributed by atoms with Crippen LogP contribution < -0.4 is 5.32 Å². The number of ether oxygens (including phenoxy) is 1. The van der Waals surface area contributed by atoms with Gasteiger partial charge in [0.05, 0.1) is 19.3 Å². The molecular formula is C16H20N4O2. The molecule has 0 radical (unpaired) electrons. The van der Waals surface area contributed by atoms with E-state index < -0.39 is 0 Å². The highest BCUT2D eigenvalue weighted by molar-refractivity contribution is 5.92. The quantitative estimate of drug-likeness (QED) is 0.918. The maximum atomic E-state index is 12.3. The average Bonchev–Trinajstić information content (AvgIpc) is 3.08. The first-order chi connectivity index (χ1) is 10.6. The molecule has 2 atom stereocenters. The Labute approximate surface area is 129 Å². The van der Waals surface area contributed by atoms with E-state index in [1.807, 2.05) is 26.1 Å². The molecule has 1 fully saturated rings. The van der Waals surface area contributed by atoms with E-state index in [1.54, 1.807) is 23.1 Å². The number of nitrogens with zero attached hydrogens (tertiary/aromatic N) is 3. The molecule has 116 valence electrons. The second kappa shape index (κ2) is 6.27. The molecule has 1 saturated heterocycles. The van der Waals surface area contributed by atoms with Crippen LogP contribution in [0, 0.1) is 12.8 Å². The molecule has 6 nitrogen and oxygen atoms in total. The molecule has 0 bridgehead atoms. The standard InChI is InChI=1S/C16H20N4O2/c1-11-7-14(19-20(11)2)16(21)18-15-10-22-9-13(15)8-12-3-5-17-6-4-12/h3-7,13,15H,8-10H2,1-2H3,(H,18,21)/t13-,15-/m1/s1. The molecule has 2 aromatic heterocycles. The molecule has 0 saturated carbocycles. The number of aryl methyl sites for hydroxylation is 2. The van der Waals surface area contributed by atoms with Crippen molar-refractivity contribution in [3.05, 3.63) is 47.5 Å². The zero-order chi connectivity index (χ0) is 15.5. The summed E-state index contributed by atoms with van der Waals surface area (Å²) in [5.74, 6) is 0.134. The molecule has 0 aromatic carbocycles. The fourth-order valence-corrected chi connectivity index (χ4v) is 2.69. The summed E-state index contributed by atoms with van der Waals surface area (Å²) in [7, 11) is 1.83. The normalized spacial score (nSPS) is 21.0. The lowest BCUT2D eigenvalue weighted by molar-refractivity contribution is 0.0919. The van der Waals surface area contributed by atoms with Crippen LogP contribution in [0.5, 0.6) is 0 Å². The third kappa shape index (κ3) is 3.17. The molecule has 6 heteroatoms. The number of pyridine rings is 1. The van der Waals surface area contributed by atoms with Crippen LogP contribution in [0.3, 0.4) is 0 Å². The molecule has 1 amide bonds. The Balaban J connectivity index is 1.64. The van der Waals surface area contributed by atoms with Crippen LogP contribution in [0.25, 0.3) is 0 Å². The van der Waals surface area contributed by atoms with E-state index in [0.29, 0.717) is 18.9 Å². The van der Waals surface area contributed by atoms with Crippen molar-refractivity contribution in [2.24, 2.45) is 13.0 Å². The van der Waals surface area contributed by atoms with Gasteiger partial charge < -0.3 is 10.1 Å². The lowest BCUT2D eigenvalue weighted by Gasteiger charge is -2.18. The Hall–Kier alpha value is -2.21. The second-order valence-electron chi connectivity index (χ2n) is 5.73. The van der Waals surface area contributed by atoms with Crippen LogP contribution in [0.2, 0.25) is 0 Å². The molecule has 1 aliphatic rings. The molecular weight excluding hydrogens is 280 g/mol. The number of carbonyl (C=O) groups is 1. The zero-order valence-electron chi connectivity index (χ0n) is 12.8. The van der Waals surface area contributed by atoms with Crippen molar-refractivity contribution in [2.45, 2.75) is 19.4 Å². The molecule has 3 rings (SSSR count). The number of nitrogens with one attached hydrogen (secondary N) is 1. The minimum atomic E-state index is -0.140. The minimum absolute atomic E-state index is 0.0166. The maximum Gasteiger partial charge on any atom is 0.272 e. The van der Waals surface area contributed by atoms with Gasteiger partial charge in [-0.2, -0.15) is 5.10 Å². The summed E-state index contributed by atoms with van der Waals surface area (Å²) in [6.45, 7) is 3.14. The van der Waals surface area contributed by atoms with Crippen LogP contribution in [0.1, 0.15) is 21.7 Å². The van der Waals surface area contributed by atoms with Gasteiger partial charge >= 0.3 is 0 Å². The summed E-state index contributed by atoms with van der Waals surface area (Å²) in [5.41, 5.74) is 2.62. The molecule has 22 heavy (non-hydrogen) atoms. The van der Waals surface area contributed by atoms with Gasteiger partial charge in [0.25, 0.3) is 5.91 Å². The number of hydrogen-bond donors (Lipinski definition) is 1. The monoisotopic (exact) mass is 300 g/mol. The minimum Gasteiger partial charge on any atom is -0.379 e. The Bertz CT molecular complexity index is 634. The second-order valence-corrected chi connectivity index (χ2v) is 5.73. The van der Waals surface area contributed by atoms with E-state index in [4.69, 9.17) is 4.74 Å². The van der Waals surface area contributed by atoms with Crippen LogP contribution >= 0.6 is 0 Å². The van der Waals surface area contributed by atoms with Gasteiger partial charge in [-0.15, -0.1) is 0 Å². The smallest absolute Gasteiger partial charge is 0.272 e. The van der Waals surface area contributed by atoms with Gasteiger partial charge in [0, 0.05) is 31.1 Å². The van der Waals surface area contributed by atoms with E-state index in [-0.39, 0.29) is 17.9 Å². The third-order valence-corrected chi connectivity index (χ3v) is 4.11. The maximum absolute atomic E-state index is 12.3. The molecule has 1 aliphatic heterocycles. The SMILES string of the molecule is Cc1cc(C(=O)N[C@@H]2COC[C@H]2Cc2ccncc2)nn1C. The van der Waals surface area contributed by atoms with Crippen LogP contribution in [-0.2, 0) is 18.2 Å². The molecule has 3 heterocycles. The lowest BCUT2D eigenvalue weighted by Crippen LogP contribution is -2.40. The zero-order valence-corrected chi connectivity index (χ0v) is 12.8. The Morgan fingerprint density at radius 2 is 2.18 bits per heavy atom. The fraction of sp³-hybridized carbons (Fsp3) is 0.438. The average molecular weight is 300 g/mol. The topological polar surface area (TPSA) is 69.0 Å². The first-order valence-electron chi connectivity index (χ1n) is 7.41. The number of hydrogen-bond acceptors (Lipinski definition) is 4. The van der Waals surface area contributed by atoms with Gasteiger partial charge in [-0.05, 0) is 37.1 Å². The van der Waals surface area contributed by atoms with Crippen molar-refractivity contribution in [1.29, 1.82) is 0 Å². The van der Waals surface area contributed by atoms with Crippen molar-refractivity contribution < 1.29 is 9.53 Å². The van der Waals surface area contributed by atoms with Gasteiger partial charge in [0.15, 0.2) is 0 Å². The summed E-state index contributed by atoms with van der Waals surface area (Å²) in [5, 5.41) is 7.27. The number of amides is 1. The van der Waals surface area contributed by atoms with Crippen molar-refractivity contribution in [1.82, 2.24) is 20.1 Å². The highest BCUT2D eigenvalue weighted by Crippen LogP contribution is 2.19. The van der Waals surface area contributed by atoms with E-state index in [2.05, 4.69) is 15.4 Å².